The number of ether oxygens (including phenoxy) is 1. The molecule has 2 aromatic rings. The van der Waals surface area contributed by atoms with Crippen LogP contribution in [0.4, 0.5) is 0 Å². The van der Waals surface area contributed by atoms with Gasteiger partial charge in [-0.15, -0.1) is 0 Å². The van der Waals surface area contributed by atoms with E-state index in [0.717, 1.165) is 16.7 Å². The standard InChI is InChI=1S/C22H19NO8S2/c1-2-30-21(29)13-5-3-12(4-6-13)16-9-7-14(31-16)11-17-19(26)23(22(32)33-17)15(20(27)28)8-10-18(24)25/h3-7,9,11,15H,2,8,10H2,1H3,(H,24,25)(H,27,28)/b17-11+/t15-/m1/s1. The summed E-state index contributed by atoms with van der Waals surface area (Å²) in [6.07, 6.45) is 0.770. The molecule has 1 aromatic heterocycles. The molecule has 1 aliphatic rings. The normalized spacial score (nSPS) is 15.7. The van der Waals surface area contributed by atoms with Crippen LogP contribution in [0, 0.1) is 0 Å². The molecule has 1 fully saturated rings. The SMILES string of the molecule is CCOC(=O)c1ccc(-c2ccc(/C=C3/SC(=S)N([C@H](CCC(=O)O)C(=O)O)C3=O)o2)cc1. The third-order valence-corrected chi connectivity index (χ3v) is 5.96. The van der Waals surface area contributed by atoms with E-state index in [4.69, 9.17) is 26.5 Å². The summed E-state index contributed by atoms with van der Waals surface area (Å²) in [7, 11) is 0. The second-order valence-corrected chi connectivity index (χ2v) is 8.51. The minimum atomic E-state index is -1.37. The first-order valence-electron chi connectivity index (χ1n) is 9.80. The molecular weight excluding hydrogens is 470 g/mol. The van der Waals surface area contributed by atoms with Crippen molar-refractivity contribution in [2.45, 2.75) is 25.8 Å². The molecule has 0 spiro atoms. The van der Waals surface area contributed by atoms with Crippen molar-refractivity contribution in [1.82, 2.24) is 4.90 Å². The van der Waals surface area contributed by atoms with E-state index in [9.17, 15) is 24.3 Å². The van der Waals surface area contributed by atoms with Crippen LogP contribution in [0.3, 0.4) is 0 Å². The number of amides is 1. The second kappa shape index (κ2) is 10.5. The van der Waals surface area contributed by atoms with Gasteiger partial charge >= 0.3 is 17.9 Å². The summed E-state index contributed by atoms with van der Waals surface area (Å²) >= 11 is 6.09. The van der Waals surface area contributed by atoms with Crippen LogP contribution in [-0.4, -0.2) is 55.9 Å². The fourth-order valence-corrected chi connectivity index (χ4v) is 4.41. The maximum atomic E-state index is 12.8. The van der Waals surface area contributed by atoms with Gasteiger partial charge in [0, 0.05) is 18.1 Å². The lowest BCUT2D eigenvalue weighted by atomic mass is 10.1. The van der Waals surface area contributed by atoms with Crippen molar-refractivity contribution in [2.75, 3.05) is 6.61 Å². The van der Waals surface area contributed by atoms with E-state index >= 15 is 0 Å². The Morgan fingerprint density at radius 1 is 1.18 bits per heavy atom. The van der Waals surface area contributed by atoms with E-state index in [0.29, 0.717) is 22.6 Å². The summed E-state index contributed by atoms with van der Waals surface area (Å²) in [4.78, 5) is 48.1. The minimum absolute atomic E-state index is 0.0328. The van der Waals surface area contributed by atoms with Crippen molar-refractivity contribution in [3.8, 4) is 11.3 Å². The Morgan fingerprint density at radius 3 is 2.48 bits per heavy atom. The van der Waals surface area contributed by atoms with Gasteiger partial charge < -0.3 is 19.4 Å². The van der Waals surface area contributed by atoms with E-state index in [1.54, 1.807) is 43.3 Å². The number of carbonyl (C=O) groups excluding carboxylic acids is 2. The van der Waals surface area contributed by atoms with E-state index in [1.807, 2.05) is 0 Å². The van der Waals surface area contributed by atoms with Gasteiger partial charge in [0.25, 0.3) is 5.91 Å². The lowest BCUT2D eigenvalue weighted by Gasteiger charge is -2.22. The first-order valence-corrected chi connectivity index (χ1v) is 11.0. The molecule has 172 valence electrons. The molecule has 0 radical (unpaired) electrons. The molecule has 0 aliphatic carbocycles. The quantitative estimate of drug-likeness (QED) is 0.305. The average Bonchev–Trinajstić information content (AvgIpc) is 3.34. The molecule has 0 bridgehead atoms. The molecule has 33 heavy (non-hydrogen) atoms. The number of aliphatic carboxylic acids is 2. The largest absolute Gasteiger partial charge is 0.481 e. The van der Waals surface area contributed by atoms with Crippen LogP contribution < -0.4 is 0 Å². The average molecular weight is 490 g/mol. The smallest absolute Gasteiger partial charge is 0.338 e. The van der Waals surface area contributed by atoms with E-state index in [-0.39, 0.29) is 22.3 Å². The van der Waals surface area contributed by atoms with Crippen molar-refractivity contribution in [1.29, 1.82) is 0 Å². The molecule has 2 heterocycles. The van der Waals surface area contributed by atoms with Crippen LogP contribution in [0.15, 0.2) is 45.7 Å². The summed E-state index contributed by atoms with van der Waals surface area (Å²) in [6, 6.07) is 8.60. The summed E-state index contributed by atoms with van der Waals surface area (Å²) < 4.78 is 10.8. The van der Waals surface area contributed by atoms with Gasteiger partial charge in [0.2, 0.25) is 0 Å². The van der Waals surface area contributed by atoms with Gasteiger partial charge in [0.15, 0.2) is 0 Å². The number of carboxylic acids is 2. The number of thiocarbonyl (C=S) groups is 1. The van der Waals surface area contributed by atoms with E-state index < -0.39 is 36.3 Å². The zero-order valence-electron chi connectivity index (χ0n) is 17.3. The van der Waals surface area contributed by atoms with Gasteiger partial charge in [0.05, 0.1) is 17.1 Å². The van der Waals surface area contributed by atoms with Gasteiger partial charge in [-0.25, -0.2) is 9.59 Å². The molecule has 11 heteroatoms. The van der Waals surface area contributed by atoms with Crippen LogP contribution in [0.5, 0.6) is 0 Å². The molecule has 1 amide bonds. The molecule has 9 nitrogen and oxygen atoms in total. The predicted octanol–water partition coefficient (Wildman–Crippen LogP) is 3.64. The summed E-state index contributed by atoms with van der Waals surface area (Å²) in [5, 5.41) is 18.3. The van der Waals surface area contributed by atoms with Crippen LogP contribution >= 0.6 is 24.0 Å². The first kappa shape index (κ1) is 24.2. The number of hydrogen-bond acceptors (Lipinski definition) is 8. The maximum absolute atomic E-state index is 12.8. The van der Waals surface area contributed by atoms with Crippen molar-refractivity contribution >= 4 is 58.2 Å². The zero-order chi connectivity index (χ0) is 24.1. The zero-order valence-corrected chi connectivity index (χ0v) is 19.0. The van der Waals surface area contributed by atoms with Crippen molar-refractivity contribution in [2.24, 2.45) is 0 Å². The van der Waals surface area contributed by atoms with E-state index in [1.165, 1.54) is 6.08 Å². The second-order valence-electron chi connectivity index (χ2n) is 6.84. The maximum Gasteiger partial charge on any atom is 0.338 e. The fraction of sp³-hybridized carbons (Fsp3) is 0.227. The lowest BCUT2D eigenvalue weighted by Crippen LogP contribution is -2.44. The van der Waals surface area contributed by atoms with Crippen molar-refractivity contribution < 1.29 is 38.5 Å². The monoisotopic (exact) mass is 489 g/mol. The Morgan fingerprint density at radius 2 is 1.88 bits per heavy atom. The molecule has 1 saturated heterocycles. The van der Waals surface area contributed by atoms with Crippen molar-refractivity contribution in [3.63, 3.8) is 0 Å². The summed E-state index contributed by atoms with van der Waals surface area (Å²) in [5.41, 5.74) is 1.11. The predicted molar refractivity (Wildman–Crippen MR) is 123 cm³/mol. The highest BCUT2D eigenvalue weighted by atomic mass is 32.2. The number of thioether (sulfide) groups is 1. The van der Waals surface area contributed by atoms with Gasteiger partial charge in [-0.2, -0.15) is 0 Å². The first-order chi connectivity index (χ1) is 15.7. The van der Waals surface area contributed by atoms with Crippen LogP contribution in [0.25, 0.3) is 17.4 Å². The molecule has 1 aliphatic heterocycles. The molecule has 0 saturated carbocycles. The highest BCUT2D eigenvalue weighted by Gasteiger charge is 2.40. The molecule has 3 rings (SSSR count). The number of nitrogens with zero attached hydrogens (tertiary/aromatic N) is 1. The van der Waals surface area contributed by atoms with Gasteiger partial charge in [0.1, 0.15) is 21.9 Å². The molecule has 1 aromatic carbocycles. The Kier molecular flexibility index (Phi) is 7.67. The van der Waals surface area contributed by atoms with Crippen LogP contribution in [0.2, 0.25) is 0 Å². The topological polar surface area (TPSA) is 134 Å². The van der Waals surface area contributed by atoms with Crippen molar-refractivity contribution in [3.05, 3.63) is 52.6 Å². The number of carboxylic acid groups (broad SMARTS) is 2. The number of furan rings is 1. The Labute approximate surface area is 198 Å². The molecule has 1 atom stereocenters. The van der Waals surface area contributed by atoms with Gasteiger partial charge in [-0.05, 0) is 37.6 Å². The number of carbonyl (C=O) groups is 4. The Bertz CT molecular complexity index is 1140. The van der Waals surface area contributed by atoms with Crippen LogP contribution in [0.1, 0.15) is 35.9 Å². The van der Waals surface area contributed by atoms with Crippen LogP contribution in [-0.2, 0) is 19.1 Å². The Hall–Kier alpha value is -3.44. The third-order valence-electron chi connectivity index (χ3n) is 4.63. The third kappa shape index (κ3) is 5.68. The number of hydrogen-bond donors (Lipinski definition) is 2. The molecular formula is C22H19NO8S2. The summed E-state index contributed by atoms with van der Waals surface area (Å²) in [6.45, 7) is 2.00. The molecule has 2 N–H and O–H groups in total. The minimum Gasteiger partial charge on any atom is -0.481 e. The summed E-state index contributed by atoms with van der Waals surface area (Å²) in [5.74, 6) is -2.70. The molecule has 0 unspecified atom stereocenters. The number of esters is 1. The highest BCUT2D eigenvalue weighted by molar-refractivity contribution is 8.26. The van der Waals surface area contributed by atoms with E-state index in [2.05, 4.69) is 0 Å². The number of benzene rings is 1. The lowest BCUT2D eigenvalue weighted by molar-refractivity contribution is -0.146. The number of rotatable bonds is 9. The Balaban J connectivity index is 1.77. The van der Waals surface area contributed by atoms with Gasteiger partial charge in [-0.1, -0.05) is 36.1 Å². The van der Waals surface area contributed by atoms with Gasteiger partial charge in [-0.3, -0.25) is 14.5 Å². The fourth-order valence-electron chi connectivity index (χ4n) is 3.07. The highest BCUT2D eigenvalue weighted by Crippen LogP contribution is 2.35.